The summed E-state index contributed by atoms with van der Waals surface area (Å²) in [7, 11) is 0. The Morgan fingerprint density at radius 3 is 2.60 bits per heavy atom. The molecule has 0 radical (unpaired) electrons. The van der Waals surface area contributed by atoms with Gasteiger partial charge in [0.1, 0.15) is 5.60 Å². The number of nitrogens with one attached hydrogen (secondary N) is 1. The van der Waals surface area contributed by atoms with Crippen molar-refractivity contribution in [3.63, 3.8) is 0 Å². The van der Waals surface area contributed by atoms with Crippen molar-refractivity contribution in [2.45, 2.75) is 45.3 Å². The van der Waals surface area contributed by atoms with Crippen LogP contribution < -0.4 is 5.32 Å². The maximum absolute atomic E-state index is 11.3. The van der Waals surface area contributed by atoms with Crippen LogP contribution in [0.1, 0.15) is 33.6 Å². The van der Waals surface area contributed by atoms with Gasteiger partial charge in [0.05, 0.1) is 12.6 Å². The Kier molecular flexibility index (Phi) is 6.01. The quantitative estimate of drug-likeness (QED) is 0.688. The highest BCUT2D eigenvalue weighted by molar-refractivity contribution is 5.68. The van der Waals surface area contributed by atoms with E-state index in [0.29, 0.717) is 6.42 Å². The number of aliphatic hydroxyl groups excluding tert-OH is 1. The summed E-state index contributed by atoms with van der Waals surface area (Å²) in [5.41, 5.74) is -0.511. The van der Waals surface area contributed by atoms with Gasteiger partial charge in [-0.25, -0.2) is 4.79 Å². The summed E-state index contributed by atoms with van der Waals surface area (Å²) in [5.74, 6) is 0. The van der Waals surface area contributed by atoms with Gasteiger partial charge in [0.15, 0.2) is 0 Å². The van der Waals surface area contributed by atoms with E-state index < -0.39 is 11.7 Å². The van der Waals surface area contributed by atoms with Crippen molar-refractivity contribution in [2.24, 2.45) is 0 Å². The number of hydrogen-bond donors (Lipinski definition) is 2. The summed E-state index contributed by atoms with van der Waals surface area (Å²) >= 11 is 0. The van der Waals surface area contributed by atoms with Crippen LogP contribution in [0, 0.1) is 0 Å². The molecule has 0 heterocycles. The molecule has 0 unspecified atom stereocenters. The third-order valence-corrected chi connectivity index (χ3v) is 1.66. The molecular weight excluding hydrogens is 194 g/mol. The minimum absolute atomic E-state index is 0.0902. The van der Waals surface area contributed by atoms with Crippen molar-refractivity contribution in [3.8, 4) is 0 Å². The van der Waals surface area contributed by atoms with Crippen LogP contribution in [0.4, 0.5) is 4.79 Å². The maximum atomic E-state index is 11.3. The molecule has 0 bridgehead atoms. The summed E-state index contributed by atoms with van der Waals surface area (Å²) in [5, 5.41) is 11.6. The first-order valence-corrected chi connectivity index (χ1v) is 5.10. The van der Waals surface area contributed by atoms with Crippen LogP contribution in [0.2, 0.25) is 0 Å². The van der Waals surface area contributed by atoms with Crippen molar-refractivity contribution in [3.05, 3.63) is 12.7 Å². The lowest BCUT2D eigenvalue weighted by Gasteiger charge is -2.22. The molecule has 15 heavy (non-hydrogen) atoms. The summed E-state index contributed by atoms with van der Waals surface area (Å²) in [6, 6.07) is -0.266. The molecule has 0 aliphatic heterocycles. The number of ether oxygens (including phenoxy) is 1. The highest BCUT2D eigenvalue weighted by atomic mass is 16.6. The number of aliphatic hydroxyl groups is 1. The molecule has 4 nitrogen and oxygen atoms in total. The van der Waals surface area contributed by atoms with E-state index in [1.54, 1.807) is 26.8 Å². The van der Waals surface area contributed by atoms with E-state index in [2.05, 4.69) is 11.9 Å². The lowest BCUT2D eigenvalue weighted by atomic mass is 10.1. The predicted octanol–water partition coefficient (Wildman–Crippen LogP) is 1.84. The van der Waals surface area contributed by atoms with Gasteiger partial charge >= 0.3 is 6.09 Å². The van der Waals surface area contributed by atoms with E-state index in [1.165, 1.54) is 0 Å². The fourth-order valence-electron chi connectivity index (χ4n) is 1.00. The van der Waals surface area contributed by atoms with Crippen molar-refractivity contribution in [2.75, 3.05) is 6.61 Å². The zero-order valence-corrected chi connectivity index (χ0v) is 9.75. The third kappa shape index (κ3) is 8.00. The number of carbonyl (C=O) groups is 1. The molecule has 0 saturated carbocycles. The first-order valence-electron chi connectivity index (χ1n) is 5.10. The van der Waals surface area contributed by atoms with Gasteiger partial charge in [-0.2, -0.15) is 0 Å². The Morgan fingerprint density at radius 2 is 2.20 bits per heavy atom. The molecule has 88 valence electrons. The van der Waals surface area contributed by atoms with Crippen LogP contribution in [0.3, 0.4) is 0 Å². The lowest BCUT2D eigenvalue weighted by molar-refractivity contribution is 0.0479. The zero-order chi connectivity index (χ0) is 11.9. The lowest BCUT2D eigenvalue weighted by Crippen LogP contribution is -2.40. The maximum Gasteiger partial charge on any atom is 0.407 e. The van der Waals surface area contributed by atoms with Gasteiger partial charge in [-0.3, -0.25) is 0 Å². The number of allylic oxidation sites excluding steroid dienone is 1. The number of alkyl carbamates (subject to hydrolysis) is 1. The fourth-order valence-corrected chi connectivity index (χ4v) is 1.00. The van der Waals surface area contributed by atoms with E-state index in [9.17, 15) is 4.79 Å². The Hall–Kier alpha value is -1.03. The standard InChI is InChI=1S/C11H21NO3/c1-5-6-7-9(8-13)12-10(14)15-11(2,3)4/h5,9,13H,1,6-8H2,2-4H3,(H,12,14)/t9-/m1/s1. The van der Waals surface area contributed by atoms with Gasteiger partial charge in [-0.1, -0.05) is 6.08 Å². The Balaban J connectivity index is 3.95. The highest BCUT2D eigenvalue weighted by Crippen LogP contribution is 2.07. The topological polar surface area (TPSA) is 58.6 Å². The SMILES string of the molecule is C=CCC[C@H](CO)NC(=O)OC(C)(C)C. The molecule has 2 N–H and O–H groups in total. The molecule has 0 rings (SSSR count). The van der Waals surface area contributed by atoms with E-state index >= 15 is 0 Å². The van der Waals surface area contributed by atoms with Crippen LogP contribution in [0.25, 0.3) is 0 Å². The van der Waals surface area contributed by atoms with Crippen molar-refractivity contribution in [1.82, 2.24) is 5.32 Å². The summed E-state index contributed by atoms with van der Waals surface area (Å²) < 4.78 is 5.06. The Bertz CT molecular complexity index is 208. The second-order valence-electron chi connectivity index (χ2n) is 4.39. The molecule has 4 heteroatoms. The second-order valence-corrected chi connectivity index (χ2v) is 4.39. The van der Waals surface area contributed by atoms with E-state index in [1.807, 2.05) is 0 Å². The Labute approximate surface area is 91.3 Å². The molecule has 0 aromatic carbocycles. The van der Waals surface area contributed by atoms with E-state index in [4.69, 9.17) is 9.84 Å². The molecule has 0 fully saturated rings. The first kappa shape index (κ1) is 14.0. The molecule has 0 spiro atoms. The monoisotopic (exact) mass is 215 g/mol. The van der Waals surface area contributed by atoms with Crippen molar-refractivity contribution < 1.29 is 14.6 Å². The van der Waals surface area contributed by atoms with Gasteiger partial charge in [-0.05, 0) is 33.6 Å². The average molecular weight is 215 g/mol. The summed E-state index contributed by atoms with van der Waals surface area (Å²) in [6.45, 7) is 8.88. The first-order chi connectivity index (χ1) is 6.89. The van der Waals surface area contributed by atoms with Gasteiger partial charge in [-0.15, -0.1) is 6.58 Å². The van der Waals surface area contributed by atoms with Crippen LogP contribution >= 0.6 is 0 Å². The van der Waals surface area contributed by atoms with Gasteiger partial charge < -0.3 is 15.2 Å². The molecular formula is C11H21NO3. The number of rotatable bonds is 5. The average Bonchev–Trinajstić information content (AvgIpc) is 2.09. The largest absolute Gasteiger partial charge is 0.444 e. The molecule has 0 aliphatic carbocycles. The van der Waals surface area contributed by atoms with Crippen LogP contribution in [-0.2, 0) is 4.74 Å². The van der Waals surface area contributed by atoms with Crippen LogP contribution in [-0.4, -0.2) is 29.4 Å². The summed E-state index contributed by atoms with van der Waals surface area (Å²) in [6.07, 6.45) is 2.67. The molecule has 0 aromatic rings. The smallest absolute Gasteiger partial charge is 0.407 e. The van der Waals surface area contributed by atoms with Gasteiger partial charge in [0.25, 0.3) is 0 Å². The predicted molar refractivity (Wildman–Crippen MR) is 59.7 cm³/mol. The Morgan fingerprint density at radius 1 is 1.60 bits per heavy atom. The third-order valence-electron chi connectivity index (χ3n) is 1.66. The van der Waals surface area contributed by atoms with Gasteiger partial charge in [0, 0.05) is 0 Å². The minimum atomic E-state index is -0.511. The molecule has 0 aromatic heterocycles. The second kappa shape index (κ2) is 6.45. The number of carbonyl (C=O) groups excluding carboxylic acids is 1. The van der Waals surface area contributed by atoms with E-state index in [-0.39, 0.29) is 12.6 Å². The summed E-state index contributed by atoms with van der Waals surface area (Å²) in [4.78, 5) is 11.3. The normalized spacial score (nSPS) is 13.1. The van der Waals surface area contributed by atoms with E-state index in [0.717, 1.165) is 6.42 Å². The fraction of sp³-hybridized carbons (Fsp3) is 0.727. The van der Waals surface area contributed by atoms with Crippen molar-refractivity contribution in [1.29, 1.82) is 0 Å². The van der Waals surface area contributed by atoms with Crippen LogP contribution in [0.5, 0.6) is 0 Å². The van der Waals surface area contributed by atoms with Crippen molar-refractivity contribution >= 4 is 6.09 Å². The number of amides is 1. The molecule has 1 atom stereocenters. The number of hydrogen-bond acceptors (Lipinski definition) is 3. The van der Waals surface area contributed by atoms with Crippen LogP contribution in [0.15, 0.2) is 12.7 Å². The molecule has 0 aliphatic rings. The minimum Gasteiger partial charge on any atom is -0.444 e. The molecule has 0 saturated heterocycles. The molecule has 1 amide bonds. The zero-order valence-electron chi connectivity index (χ0n) is 9.75. The highest BCUT2D eigenvalue weighted by Gasteiger charge is 2.18. The van der Waals surface area contributed by atoms with Gasteiger partial charge in [0.2, 0.25) is 0 Å².